The van der Waals surface area contributed by atoms with Gasteiger partial charge >= 0.3 is 6.18 Å². The average Bonchev–Trinajstić information content (AvgIpc) is 2.48. The van der Waals surface area contributed by atoms with E-state index >= 15 is 0 Å². The molecule has 0 saturated carbocycles. The molecular weight excluding hydrogens is 279 g/mol. The second-order valence-corrected chi connectivity index (χ2v) is 3.59. The summed E-state index contributed by atoms with van der Waals surface area (Å²) >= 11 is 3.03. The van der Waals surface area contributed by atoms with Gasteiger partial charge in [-0.15, -0.1) is 0 Å². The highest BCUT2D eigenvalue weighted by Gasteiger charge is 2.27. The number of ketones is 1. The molecule has 0 aliphatic heterocycles. The highest BCUT2D eigenvalue weighted by Crippen LogP contribution is 2.18. The van der Waals surface area contributed by atoms with Crippen molar-refractivity contribution in [2.45, 2.75) is 6.18 Å². The Kier molecular flexibility index (Phi) is 3.92. The number of halogens is 4. The summed E-state index contributed by atoms with van der Waals surface area (Å²) in [4.78, 5) is 11.3. The van der Waals surface area contributed by atoms with Gasteiger partial charge in [0.25, 0.3) is 0 Å². The number of hydrogen-bond acceptors (Lipinski definition) is 3. The van der Waals surface area contributed by atoms with Gasteiger partial charge < -0.3 is 9.73 Å². The van der Waals surface area contributed by atoms with Crippen molar-refractivity contribution in [3.05, 3.63) is 22.6 Å². The van der Waals surface area contributed by atoms with Gasteiger partial charge in [-0.25, -0.2) is 0 Å². The molecule has 1 rings (SSSR count). The third kappa shape index (κ3) is 4.05. The van der Waals surface area contributed by atoms with Crippen LogP contribution >= 0.6 is 15.9 Å². The molecule has 0 spiro atoms. The van der Waals surface area contributed by atoms with Crippen LogP contribution < -0.4 is 5.32 Å². The van der Waals surface area contributed by atoms with Crippen LogP contribution in [0.3, 0.4) is 0 Å². The van der Waals surface area contributed by atoms with E-state index in [1.54, 1.807) is 0 Å². The van der Waals surface area contributed by atoms with Crippen LogP contribution in [0.25, 0.3) is 0 Å². The molecule has 0 unspecified atom stereocenters. The Morgan fingerprint density at radius 2 is 2.20 bits per heavy atom. The van der Waals surface area contributed by atoms with Gasteiger partial charge in [-0.2, -0.15) is 13.2 Å². The zero-order valence-electron chi connectivity index (χ0n) is 7.40. The molecule has 0 bridgehead atoms. The fourth-order valence-corrected chi connectivity index (χ4v) is 1.31. The molecule has 0 saturated heterocycles. The average molecular weight is 286 g/mol. The van der Waals surface area contributed by atoms with Gasteiger partial charge in [0.05, 0.1) is 23.8 Å². The molecule has 1 aromatic rings. The van der Waals surface area contributed by atoms with Crippen molar-refractivity contribution in [2.75, 3.05) is 13.1 Å². The third-order valence-corrected chi connectivity index (χ3v) is 2.11. The van der Waals surface area contributed by atoms with Crippen molar-refractivity contribution < 1.29 is 22.4 Å². The Labute approximate surface area is 91.8 Å². The Balaban J connectivity index is 2.41. The number of rotatable bonds is 4. The number of carbonyl (C=O) groups is 1. The Morgan fingerprint density at radius 1 is 1.53 bits per heavy atom. The first-order valence-electron chi connectivity index (χ1n) is 3.94. The molecular formula is C8H7BrF3NO2. The van der Waals surface area contributed by atoms with Crippen molar-refractivity contribution in [1.82, 2.24) is 5.32 Å². The minimum absolute atomic E-state index is 0.0182. The maximum atomic E-state index is 11.7. The normalized spacial score (nSPS) is 11.7. The van der Waals surface area contributed by atoms with E-state index in [2.05, 4.69) is 15.9 Å². The standard InChI is InChI=1S/C8H7BrF3NO2/c9-5-1-2-15-7(5)6(14)3-13-4-8(10,11)12/h1-2,13H,3-4H2. The summed E-state index contributed by atoms with van der Waals surface area (Å²) in [5.41, 5.74) is 0. The molecule has 1 heterocycles. The monoisotopic (exact) mass is 285 g/mol. The summed E-state index contributed by atoms with van der Waals surface area (Å²) < 4.78 is 40.4. The molecule has 0 aromatic carbocycles. The van der Waals surface area contributed by atoms with E-state index < -0.39 is 25.0 Å². The Morgan fingerprint density at radius 3 is 2.67 bits per heavy atom. The number of hydrogen-bond donors (Lipinski definition) is 1. The molecule has 15 heavy (non-hydrogen) atoms. The lowest BCUT2D eigenvalue weighted by molar-refractivity contribution is -0.124. The SMILES string of the molecule is O=C(CNCC(F)(F)F)c1occc1Br. The second kappa shape index (κ2) is 4.80. The number of nitrogens with one attached hydrogen (secondary N) is 1. The highest BCUT2D eigenvalue weighted by atomic mass is 79.9. The molecule has 1 N–H and O–H groups in total. The summed E-state index contributed by atoms with van der Waals surface area (Å²) in [7, 11) is 0. The van der Waals surface area contributed by atoms with E-state index in [0.717, 1.165) is 0 Å². The zero-order valence-corrected chi connectivity index (χ0v) is 8.98. The lowest BCUT2D eigenvalue weighted by atomic mass is 10.3. The van der Waals surface area contributed by atoms with Gasteiger partial charge in [-0.1, -0.05) is 0 Å². The number of alkyl halides is 3. The van der Waals surface area contributed by atoms with Crippen LogP contribution in [0, 0.1) is 0 Å². The van der Waals surface area contributed by atoms with Crippen LogP contribution in [0.1, 0.15) is 10.6 Å². The maximum absolute atomic E-state index is 11.7. The molecule has 0 radical (unpaired) electrons. The smallest absolute Gasteiger partial charge is 0.401 e. The molecule has 0 amide bonds. The van der Waals surface area contributed by atoms with E-state index in [-0.39, 0.29) is 5.76 Å². The predicted octanol–water partition coefficient (Wildman–Crippen LogP) is 2.38. The van der Waals surface area contributed by atoms with Crippen molar-refractivity contribution in [3.63, 3.8) is 0 Å². The minimum Gasteiger partial charge on any atom is -0.460 e. The number of carbonyl (C=O) groups excluding carboxylic acids is 1. The summed E-state index contributed by atoms with van der Waals surface area (Å²) in [6, 6.07) is 1.50. The fraction of sp³-hybridized carbons (Fsp3) is 0.375. The molecule has 0 atom stereocenters. The van der Waals surface area contributed by atoms with E-state index in [1.165, 1.54) is 12.3 Å². The molecule has 1 aromatic heterocycles. The van der Waals surface area contributed by atoms with Crippen LogP contribution in [-0.2, 0) is 0 Å². The van der Waals surface area contributed by atoms with Crippen molar-refractivity contribution in [1.29, 1.82) is 0 Å². The van der Waals surface area contributed by atoms with Crippen LogP contribution in [0.4, 0.5) is 13.2 Å². The van der Waals surface area contributed by atoms with E-state index in [9.17, 15) is 18.0 Å². The molecule has 0 fully saturated rings. The third-order valence-electron chi connectivity index (χ3n) is 1.48. The molecule has 84 valence electrons. The largest absolute Gasteiger partial charge is 0.460 e. The first-order chi connectivity index (χ1) is 6.90. The van der Waals surface area contributed by atoms with Crippen LogP contribution in [0.2, 0.25) is 0 Å². The number of Topliss-reactive ketones (excluding diaryl/α,β-unsaturated/α-hetero) is 1. The van der Waals surface area contributed by atoms with Crippen LogP contribution in [0.5, 0.6) is 0 Å². The van der Waals surface area contributed by atoms with Gasteiger partial charge in [0.2, 0.25) is 5.78 Å². The summed E-state index contributed by atoms with van der Waals surface area (Å²) in [5, 5.41) is 1.99. The lowest BCUT2D eigenvalue weighted by Crippen LogP contribution is -2.32. The van der Waals surface area contributed by atoms with E-state index in [4.69, 9.17) is 4.42 Å². The van der Waals surface area contributed by atoms with Crippen molar-refractivity contribution in [3.8, 4) is 0 Å². The van der Waals surface area contributed by atoms with Crippen molar-refractivity contribution in [2.24, 2.45) is 0 Å². The fourth-order valence-electron chi connectivity index (χ4n) is 0.891. The first-order valence-corrected chi connectivity index (χ1v) is 4.73. The predicted molar refractivity (Wildman–Crippen MR) is 49.7 cm³/mol. The van der Waals surface area contributed by atoms with Gasteiger partial charge in [0.1, 0.15) is 0 Å². The van der Waals surface area contributed by atoms with Crippen LogP contribution in [-0.4, -0.2) is 25.0 Å². The molecule has 0 aliphatic carbocycles. The van der Waals surface area contributed by atoms with Gasteiger partial charge in [0, 0.05) is 0 Å². The zero-order chi connectivity index (χ0) is 11.5. The molecule has 0 aliphatic rings. The first kappa shape index (κ1) is 12.3. The lowest BCUT2D eigenvalue weighted by Gasteiger charge is -2.06. The maximum Gasteiger partial charge on any atom is 0.401 e. The van der Waals surface area contributed by atoms with Gasteiger partial charge in [0.15, 0.2) is 5.76 Å². The molecule has 7 heteroatoms. The van der Waals surface area contributed by atoms with Crippen molar-refractivity contribution >= 4 is 21.7 Å². The summed E-state index contributed by atoms with van der Waals surface area (Å²) in [6.07, 6.45) is -3.04. The highest BCUT2D eigenvalue weighted by molar-refractivity contribution is 9.10. The quantitative estimate of drug-likeness (QED) is 0.864. The molecule has 3 nitrogen and oxygen atoms in total. The summed E-state index contributed by atoms with van der Waals surface area (Å²) in [6.45, 7) is -1.61. The van der Waals surface area contributed by atoms with Gasteiger partial charge in [-0.3, -0.25) is 4.79 Å². The van der Waals surface area contributed by atoms with E-state index in [1.807, 2.05) is 5.32 Å². The Hall–Kier alpha value is -0.820. The van der Waals surface area contributed by atoms with Crippen LogP contribution in [0.15, 0.2) is 21.2 Å². The topological polar surface area (TPSA) is 42.2 Å². The second-order valence-electron chi connectivity index (χ2n) is 2.74. The summed E-state index contributed by atoms with van der Waals surface area (Å²) in [5.74, 6) is -0.513. The minimum atomic E-state index is -4.32. The van der Waals surface area contributed by atoms with Gasteiger partial charge in [-0.05, 0) is 22.0 Å². The Bertz CT molecular complexity index is 348. The van der Waals surface area contributed by atoms with E-state index in [0.29, 0.717) is 4.47 Å². The number of furan rings is 1.